The van der Waals surface area contributed by atoms with E-state index in [9.17, 15) is 0 Å². The van der Waals surface area contributed by atoms with Crippen molar-refractivity contribution in [2.45, 2.75) is 6.92 Å². The molecule has 89 valence electrons. The zero-order valence-electron chi connectivity index (χ0n) is 9.39. The van der Waals surface area contributed by atoms with Gasteiger partial charge in [-0.15, -0.1) is 12.1 Å². The van der Waals surface area contributed by atoms with Gasteiger partial charge in [0.15, 0.2) is 5.89 Å². The first-order chi connectivity index (χ1) is 7.75. The Balaban J connectivity index is 0.00000108. The second-order valence-electron chi connectivity index (χ2n) is 3.66. The van der Waals surface area contributed by atoms with Crippen LogP contribution in [0, 0.1) is 13.0 Å². The van der Waals surface area contributed by atoms with Crippen molar-refractivity contribution in [1.82, 2.24) is 14.5 Å². The number of nitrogens with zero attached hydrogens (tertiary/aromatic N) is 3. The summed E-state index contributed by atoms with van der Waals surface area (Å²) in [5.74, 6) is 1.50. The first-order valence-corrected chi connectivity index (χ1v) is 5.01. The van der Waals surface area contributed by atoms with Gasteiger partial charge in [-0.1, -0.05) is 11.6 Å². The molecule has 0 amide bonds. The number of imidazole rings is 1. The van der Waals surface area contributed by atoms with Crippen LogP contribution in [0.15, 0.2) is 28.9 Å². The maximum atomic E-state index is 5.48. The van der Waals surface area contributed by atoms with Gasteiger partial charge in [-0.3, -0.25) is 9.97 Å². The first kappa shape index (κ1) is 12.0. The van der Waals surface area contributed by atoms with Gasteiger partial charge in [0.2, 0.25) is 0 Å². The normalized spacial score (nSPS) is 10.5. The number of aromatic nitrogens is 3. The molecule has 17 heavy (non-hydrogen) atoms. The monoisotopic (exact) mass is 405 g/mol. The Labute approximate surface area is 112 Å². The second-order valence-corrected chi connectivity index (χ2v) is 3.66. The van der Waals surface area contributed by atoms with E-state index in [1.807, 2.05) is 36.9 Å². The molecule has 0 N–H and O–H groups in total. The summed E-state index contributed by atoms with van der Waals surface area (Å²) in [5, 5.41) is 0. The summed E-state index contributed by atoms with van der Waals surface area (Å²) in [6.45, 7) is 1.84. The number of oxazole rings is 1. The van der Waals surface area contributed by atoms with Gasteiger partial charge >= 0.3 is 0 Å². The van der Waals surface area contributed by atoms with Crippen LogP contribution in [0.4, 0.5) is 0 Å². The van der Waals surface area contributed by atoms with E-state index in [2.05, 4.69) is 16.0 Å². The largest absolute Gasteiger partial charge is 0.461 e. The van der Waals surface area contributed by atoms with Crippen LogP contribution in [-0.4, -0.2) is 14.5 Å². The van der Waals surface area contributed by atoms with Crippen LogP contribution in [0.3, 0.4) is 0 Å². The molecule has 3 rings (SSSR count). The van der Waals surface area contributed by atoms with Crippen LogP contribution >= 0.6 is 0 Å². The number of fused-ring (bicyclic) bond motifs is 1. The quantitative estimate of drug-likeness (QED) is 0.585. The number of benzene rings is 1. The summed E-state index contributed by atoms with van der Waals surface area (Å²) in [7, 11) is 1.95. The van der Waals surface area contributed by atoms with Crippen LogP contribution in [0.25, 0.3) is 22.5 Å². The van der Waals surface area contributed by atoms with Gasteiger partial charge in [-0.25, -0.2) is 0 Å². The summed E-state index contributed by atoms with van der Waals surface area (Å²) in [5.41, 5.74) is 2.46. The second kappa shape index (κ2) is 4.43. The van der Waals surface area contributed by atoms with Crippen molar-refractivity contribution >= 4 is 11.1 Å². The fourth-order valence-electron chi connectivity index (χ4n) is 1.78. The molecular weight excluding hydrogens is 394 g/mol. The summed E-state index contributed by atoms with van der Waals surface area (Å²) < 4.78 is 7.42. The molecule has 0 spiro atoms. The van der Waals surface area contributed by atoms with E-state index in [0.717, 1.165) is 22.5 Å². The predicted octanol–water partition coefficient (Wildman–Crippen LogP) is 2.33. The van der Waals surface area contributed by atoms with Crippen molar-refractivity contribution in [1.29, 1.82) is 0 Å². The maximum absolute atomic E-state index is 5.48. The molecular formula is C12H10IrN3O-. The third kappa shape index (κ3) is 1.92. The first-order valence-electron chi connectivity index (χ1n) is 5.01. The molecule has 2 aromatic heterocycles. The Kier molecular flexibility index (Phi) is 3.13. The summed E-state index contributed by atoms with van der Waals surface area (Å²) in [6, 6.07) is 6.86. The van der Waals surface area contributed by atoms with E-state index in [-0.39, 0.29) is 20.1 Å². The average Bonchev–Trinajstić information content (AvgIpc) is 2.82. The van der Waals surface area contributed by atoms with E-state index < -0.39 is 0 Å². The molecule has 3 aromatic rings. The van der Waals surface area contributed by atoms with E-state index in [0.29, 0.717) is 5.89 Å². The molecule has 5 heteroatoms. The molecule has 2 heterocycles. The van der Waals surface area contributed by atoms with Crippen LogP contribution in [-0.2, 0) is 27.2 Å². The summed E-state index contributed by atoms with van der Waals surface area (Å²) in [4.78, 5) is 8.65. The van der Waals surface area contributed by atoms with Crippen molar-refractivity contribution in [3.8, 4) is 11.4 Å². The van der Waals surface area contributed by atoms with Gasteiger partial charge < -0.3 is 8.98 Å². The predicted molar refractivity (Wildman–Crippen MR) is 59.8 cm³/mol. The Bertz CT molecular complexity index is 657. The Hall–Kier alpha value is -1.45. The molecule has 0 aliphatic heterocycles. The van der Waals surface area contributed by atoms with Crippen molar-refractivity contribution in [2.75, 3.05) is 0 Å². The Morgan fingerprint density at radius 1 is 1.41 bits per heavy atom. The summed E-state index contributed by atoms with van der Waals surface area (Å²) in [6.07, 6.45) is 3.66. The molecule has 1 aromatic carbocycles. The number of hydrogen-bond donors (Lipinski definition) is 0. The number of rotatable bonds is 1. The third-order valence-corrected chi connectivity index (χ3v) is 2.50. The molecule has 0 fully saturated rings. The van der Waals surface area contributed by atoms with Crippen LogP contribution in [0.5, 0.6) is 0 Å². The molecule has 4 nitrogen and oxygen atoms in total. The standard InChI is InChI=1S/C12H10N3O.Ir/c1-8-14-11-9(4-3-5-10(11)16-8)12-13-6-7-15(12)2;/h3,5-7H,1-2H3;/q-1;. The van der Waals surface area contributed by atoms with Gasteiger partial charge in [0.25, 0.3) is 0 Å². The molecule has 0 atom stereocenters. The van der Waals surface area contributed by atoms with Gasteiger partial charge in [0.05, 0.1) is 11.4 Å². The minimum absolute atomic E-state index is 0. The smallest absolute Gasteiger partial charge is 0.180 e. The molecule has 0 aliphatic carbocycles. The summed E-state index contributed by atoms with van der Waals surface area (Å²) >= 11 is 0. The SMILES string of the molecule is Cc1nc2c(-c3nccn3C)[c-]ccc2o1.[Ir]. The number of hydrogen-bond acceptors (Lipinski definition) is 3. The van der Waals surface area contributed by atoms with Crippen molar-refractivity contribution in [2.24, 2.45) is 7.05 Å². The van der Waals surface area contributed by atoms with Crippen molar-refractivity contribution in [3.05, 3.63) is 36.5 Å². The Morgan fingerprint density at radius 3 is 2.94 bits per heavy atom. The van der Waals surface area contributed by atoms with E-state index in [4.69, 9.17) is 4.42 Å². The van der Waals surface area contributed by atoms with Crippen LogP contribution in [0.1, 0.15) is 5.89 Å². The fourth-order valence-corrected chi connectivity index (χ4v) is 1.78. The zero-order chi connectivity index (χ0) is 11.1. The molecule has 0 saturated carbocycles. The average molecular weight is 404 g/mol. The van der Waals surface area contributed by atoms with Gasteiger partial charge in [-0.05, 0) is 0 Å². The zero-order valence-corrected chi connectivity index (χ0v) is 11.8. The molecule has 0 aliphatic rings. The van der Waals surface area contributed by atoms with Gasteiger partial charge in [0.1, 0.15) is 0 Å². The van der Waals surface area contributed by atoms with E-state index >= 15 is 0 Å². The van der Waals surface area contributed by atoms with E-state index in [1.165, 1.54) is 0 Å². The van der Waals surface area contributed by atoms with Crippen molar-refractivity contribution < 1.29 is 24.5 Å². The number of aryl methyl sites for hydroxylation is 2. The van der Waals surface area contributed by atoms with Gasteiger partial charge in [-0.2, -0.15) is 0 Å². The Morgan fingerprint density at radius 2 is 2.24 bits per heavy atom. The molecule has 0 saturated heterocycles. The van der Waals surface area contributed by atoms with E-state index in [1.54, 1.807) is 6.20 Å². The molecule has 0 unspecified atom stereocenters. The minimum atomic E-state index is 0. The molecule has 0 bridgehead atoms. The molecule has 1 radical (unpaired) electrons. The minimum Gasteiger partial charge on any atom is -0.461 e. The van der Waals surface area contributed by atoms with Crippen LogP contribution in [0.2, 0.25) is 0 Å². The van der Waals surface area contributed by atoms with Crippen molar-refractivity contribution in [3.63, 3.8) is 0 Å². The fraction of sp³-hybridized carbons (Fsp3) is 0.167. The third-order valence-electron chi connectivity index (χ3n) is 2.50. The topological polar surface area (TPSA) is 43.9 Å². The van der Waals surface area contributed by atoms with Crippen LogP contribution < -0.4 is 0 Å². The maximum Gasteiger partial charge on any atom is 0.180 e. The van der Waals surface area contributed by atoms with Gasteiger partial charge in [0, 0.05) is 52.0 Å².